The van der Waals surface area contributed by atoms with Gasteiger partial charge in [-0.3, -0.25) is 4.79 Å². The average Bonchev–Trinajstić information content (AvgIpc) is 3.03. The van der Waals surface area contributed by atoms with Gasteiger partial charge in [0.15, 0.2) is 0 Å². The Hall–Kier alpha value is -1.72. The molecular formula is C18H23N3OS. The molecule has 3 rings (SSSR count). The van der Waals surface area contributed by atoms with Crippen molar-refractivity contribution in [1.29, 1.82) is 0 Å². The van der Waals surface area contributed by atoms with Gasteiger partial charge in [0, 0.05) is 24.0 Å². The second kappa shape index (κ2) is 7.23. The third kappa shape index (κ3) is 3.98. The minimum Gasteiger partial charge on any atom is -0.342 e. The Labute approximate surface area is 141 Å². The van der Waals surface area contributed by atoms with Gasteiger partial charge in [-0.1, -0.05) is 23.8 Å². The highest BCUT2D eigenvalue weighted by molar-refractivity contribution is 7.13. The van der Waals surface area contributed by atoms with E-state index in [2.05, 4.69) is 30.1 Å². The molecule has 0 bridgehead atoms. The number of aryl methyl sites for hydroxylation is 1. The van der Waals surface area contributed by atoms with E-state index < -0.39 is 0 Å². The quantitative estimate of drug-likeness (QED) is 0.938. The number of amides is 1. The first-order valence-corrected chi connectivity index (χ1v) is 9.03. The third-order valence-corrected chi connectivity index (χ3v) is 5.39. The van der Waals surface area contributed by atoms with Crippen molar-refractivity contribution < 1.29 is 4.79 Å². The normalized spacial score (nSPS) is 15.8. The number of hydrogen-bond acceptors (Lipinski definition) is 4. The van der Waals surface area contributed by atoms with E-state index in [0.29, 0.717) is 12.3 Å². The fourth-order valence-electron chi connectivity index (χ4n) is 2.98. The Morgan fingerprint density at radius 2 is 2.17 bits per heavy atom. The summed E-state index contributed by atoms with van der Waals surface area (Å²) in [6, 6.07) is 8.31. The van der Waals surface area contributed by atoms with Crippen LogP contribution in [0.1, 0.15) is 24.1 Å². The first kappa shape index (κ1) is 16.1. The average molecular weight is 329 g/mol. The lowest BCUT2D eigenvalue weighted by Gasteiger charge is -2.31. The number of benzene rings is 1. The van der Waals surface area contributed by atoms with Crippen LogP contribution in [0.2, 0.25) is 0 Å². The maximum absolute atomic E-state index is 12.4. The molecule has 1 aromatic heterocycles. The second-order valence-corrected chi connectivity index (χ2v) is 7.11. The number of thiazole rings is 1. The van der Waals surface area contributed by atoms with Crippen molar-refractivity contribution in [1.82, 2.24) is 9.88 Å². The Kier molecular flexibility index (Phi) is 5.08. The maximum atomic E-state index is 12.4. The van der Waals surface area contributed by atoms with Gasteiger partial charge in [-0.15, -0.1) is 11.3 Å². The molecule has 1 aliphatic rings. The van der Waals surface area contributed by atoms with Crippen LogP contribution >= 0.6 is 11.3 Å². The van der Waals surface area contributed by atoms with E-state index in [1.165, 1.54) is 5.56 Å². The van der Waals surface area contributed by atoms with Crippen LogP contribution in [0.5, 0.6) is 0 Å². The fraction of sp³-hybridized carbons (Fsp3) is 0.444. The van der Waals surface area contributed by atoms with Gasteiger partial charge >= 0.3 is 0 Å². The van der Waals surface area contributed by atoms with E-state index in [1.807, 2.05) is 16.3 Å². The number of likely N-dealkylation sites (tertiary alicyclic amines) is 1. The van der Waals surface area contributed by atoms with Gasteiger partial charge in [0.1, 0.15) is 5.01 Å². The summed E-state index contributed by atoms with van der Waals surface area (Å²) in [6.07, 6.45) is 2.44. The fourth-order valence-corrected chi connectivity index (χ4v) is 3.80. The standard InChI is InChI=1S/C18H23N3OS/c1-13-3-2-4-15(9-13)18-20-16(12-23-18)10-17(22)21-7-5-14(11-19)6-8-21/h2-4,9,12,14H,5-8,10-11,19H2,1H3. The molecule has 1 amide bonds. The number of nitrogens with zero attached hydrogens (tertiary/aromatic N) is 2. The summed E-state index contributed by atoms with van der Waals surface area (Å²) in [4.78, 5) is 19.0. The van der Waals surface area contributed by atoms with Crippen LogP contribution < -0.4 is 5.73 Å². The summed E-state index contributed by atoms with van der Waals surface area (Å²) in [5.41, 5.74) is 8.92. The second-order valence-electron chi connectivity index (χ2n) is 6.25. The van der Waals surface area contributed by atoms with Crippen molar-refractivity contribution in [3.8, 4) is 10.6 Å². The van der Waals surface area contributed by atoms with Gasteiger partial charge in [0.25, 0.3) is 0 Å². The Morgan fingerprint density at radius 3 is 2.87 bits per heavy atom. The van der Waals surface area contributed by atoms with Gasteiger partial charge in [-0.25, -0.2) is 4.98 Å². The predicted octanol–water partition coefficient (Wildman–Crippen LogP) is 2.86. The highest BCUT2D eigenvalue weighted by Gasteiger charge is 2.22. The zero-order chi connectivity index (χ0) is 16.2. The highest BCUT2D eigenvalue weighted by Crippen LogP contribution is 2.25. The predicted molar refractivity (Wildman–Crippen MR) is 94.3 cm³/mol. The van der Waals surface area contributed by atoms with Crippen LogP contribution in [0.15, 0.2) is 29.6 Å². The molecule has 0 atom stereocenters. The molecule has 2 aromatic rings. The maximum Gasteiger partial charge on any atom is 0.228 e. The Bertz CT molecular complexity index is 674. The van der Waals surface area contributed by atoms with E-state index >= 15 is 0 Å². The molecule has 1 fully saturated rings. The molecule has 0 radical (unpaired) electrons. The molecule has 5 heteroatoms. The van der Waals surface area contributed by atoms with Crippen molar-refractivity contribution in [2.75, 3.05) is 19.6 Å². The van der Waals surface area contributed by atoms with Crippen molar-refractivity contribution >= 4 is 17.2 Å². The molecule has 1 aromatic carbocycles. The number of carbonyl (C=O) groups excluding carboxylic acids is 1. The Morgan fingerprint density at radius 1 is 1.39 bits per heavy atom. The first-order chi connectivity index (χ1) is 11.2. The van der Waals surface area contributed by atoms with Gasteiger partial charge in [0.05, 0.1) is 12.1 Å². The molecule has 2 heterocycles. The minimum atomic E-state index is 0.182. The molecule has 0 aliphatic carbocycles. The van der Waals surface area contributed by atoms with Gasteiger partial charge < -0.3 is 10.6 Å². The van der Waals surface area contributed by atoms with Crippen LogP contribution in [0, 0.1) is 12.8 Å². The van der Waals surface area contributed by atoms with E-state index in [9.17, 15) is 4.79 Å². The largest absolute Gasteiger partial charge is 0.342 e. The van der Waals surface area contributed by atoms with Crippen molar-refractivity contribution in [3.63, 3.8) is 0 Å². The lowest BCUT2D eigenvalue weighted by Crippen LogP contribution is -2.40. The smallest absolute Gasteiger partial charge is 0.228 e. The van der Waals surface area contributed by atoms with Crippen molar-refractivity contribution in [2.45, 2.75) is 26.2 Å². The van der Waals surface area contributed by atoms with Gasteiger partial charge in [0.2, 0.25) is 5.91 Å². The zero-order valence-electron chi connectivity index (χ0n) is 13.5. The van der Waals surface area contributed by atoms with Gasteiger partial charge in [-0.05, 0) is 38.3 Å². The molecule has 0 unspecified atom stereocenters. The molecule has 0 spiro atoms. The highest BCUT2D eigenvalue weighted by atomic mass is 32.1. The zero-order valence-corrected chi connectivity index (χ0v) is 14.3. The SMILES string of the molecule is Cc1cccc(-c2nc(CC(=O)N3CCC(CN)CC3)cs2)c1. The number of nitrogens with two attached hydrogens (primary N) is 1. The first-order valence-electron chi connectivity index (χ1n) is 8.15. The van der Waals surface area contributed by atoms with Crippen LogP contribution in [-0.2, 0) is 11.2 Å². The summed E-state index contributed by atoms with van der Waals surface area (Å²) in [6.45, 7) is 4.46. The summed E-state index contributed by atoms with van der Waals surface area (Å²) >= 11 is 1.61. The van der Waals surface area contributed by atoms with E-state index in [1.54, 1.807) is 11.3 Å². The molecule has 0 saturated carbocycles. The van der Waals surface area contributed by atoms with Crippen molar-refractivity contribution in [2.24, 2.45) is 11.7 Å². The summed E-state index contributed by atoms with van der Waals surface area (Å²) < 4.78 is 0. The summed E-state index contributed by atoms with van der Waals surface area (Å²) in [5.74, 6) is 0.757. The number of piperidine rings is 1. The monoisotopic (exact) mass is 329 g/mol. The van der Waals surface area contributed by atoms with E-state index in [-0.39, 0.29) is 5.91 Å². The molecule has 122 valence electrons. The molecule has 1 aliphatic heterocycles. The topological polar surface area (TPSA) is 59.2 Å². The molecule has 2 N–H and O–H groups in total. The summed E-state index contributed by atoms with van der Waals surface area (Å²) in [5, 5.41) is 2.99. The lowest BCUT2D eigenvalue weighted by atomic mass is 9.97. The third-order valence-electron chi connectivity index (χ3n) is 4.45. The van der Waals surface area contributed by atoms with Crippen molar-refractivity contribution in [3.05, 3.63) is 40.9 Å². The lowest BCUT2D eigenvalue weighted by molar-refractivity contribution is -0.131. The van der Waals surface area contributed by atoms with Crippen LogP contribution in [0.4, 0.5) is 0 Å². The molecule has 23 heavy (non-hydrogen) atoms. The summed E-state index contributed by atoms with van der Waals surface area (Å²) in [7, 11) is 0. The minimum absolute atomic E-state index is 0.182. The molecule has 1 saturated heterocycles. The van der Waals surface area contributed by atoms with Crippen LogP contribution in [-0.4, -0.2) is 35.4 Å². The van der Waals surface area contributed by atoms with E-state index in [4.69, 9.17) is 5.73 Å². The van der Waals surface area contributed by atoms with Gasteiger partial charge in [-0.2, -0.15) is 0 Å². The number of hydrogen-bond donors (Lipinski definition) is 1. The number of aromatic nitrogens is 1. The number of rotatable bonds is 4. The van der Waals surface area contributed by atoms with Crippen LogP contribution in [0.3, 0.4) is 0 Å². The molecule has 4 nitrogen and oxygen atoms in total. The molecular weight excluding hydrogens is 306 g/mol. The number of carbonyl (C=O) groups is 1. The van der Waals surface area contributed by atoms with E-state index in [0.717, 1.165) is 48.7 Å². The Balaban J connectivity index is 1.62. The van der Waals surface area contributed by atoms with Crippen LogP contribution in [0.25, 0.3) is 10.6 Å².